The summed E-state index contributed by atoms with van der Waals surface area (Å²) in [7, 11) is 0. The van der Waals surface area contributed by atoms with E-state index in [1.165, 1.54) is 12.1 Å². The molecule has 0 bridgehead atoms. The topological polar surface area (TPSA) is 76.0 Å². The third-order valence-corrected chi connectivity index (χ3v) is 3.19. The molecule has 1 heterocycles. The van der Waals surface area contributed by atoms with Gasteiger partial charge in [0, 0.05) is 38.3 Å². The molecule has 98 valence electrons. The van der Waals surface area contributed by atoms with Crippen LogP contribution in [0.5, 0.6) is 17.2 Å². The molecule has 1 aromatic rings. The lowest BCUT2D eigenvalue weighted by Gasteiger charge is -2.33. The van der Waals surface area contributed by atoms with Crippen LogP contribution in [0.15, 0.2) is 24.8 Å². The van der Waals surface area contributed by atoms with E-state index in [9.17, 15) is 15.3 Å². The van der Waals surface area contributed by atoms with Gasteiger partial charge in [-0.3, -0.25) is 4.90 Å². The van der Waals surface area contributed by atoms with Crippen molar-refractivity contribution in [1.29, 1.82) is 0 Å². The summed E-state index contributed by atoms with van der Waals surface area (Å²) in [6, 6.07) is 2.20. The normalized spacial score (nSPS) is 18.4. The average molecular weight is 250 g/mol. The maximum atomic E-state index is 9.89. The predicted octanol–water partition coefficient (Wildman–Crippen LogP) is 0.936. The van der Waals surface area contributed by atoms with Gasteiger partial charge in [-0.05, 0) is 0 Å². The third-order valence-electron chi connectivity index (χ3n) is 3.19. The fraction of sp³-hybridized carbons (Fsp3) is 0.385. The average Bonchev–Trinajstić information content (AvgIpc) is 2.34. The zero-order chi connectivity index (χ0) is 13.1. The zero-order valence-electron chi connectivity index (χ0n) is 10.1. The number of benzene rings is 1. The van der Waals surface area contributed by atoms with Crippen LogP contribution in [0, 0.1) is 0 Å². The van der Waals surface area contributed by atoms with Crippen LogP contribution in [0.4, 0.5) is 0 Å². The molecule has 0 radical (unpaired) electrons. The quantitative estimate of drug-likeness (QED) is 0.601. The minimum atomic E-state index is -0.257. The molecule has 1 saturated heterocycles. The summed E-state index contributed by atoms with van der Waals surface area (Å²) in [4.78, 5) is 2.12. The Kier molecular flexibility index (Phi) is 3.74. The molecular weight excluding hydrogens is 232 g/mol. The second kappa shape index (κ2) is 5.29. The van der Waals surface area contributed by atoms with E-state index in [2.05, 4.69) is 16.8 Å². The zero-order valence-corrected chi connectivity index (χ0v) is 10.1. The number of aromatic hydroxyl groups is 3. The number of hydrogen-bond donors (Lipinski definition) is 4. The maximum absolute atomic E-state index is 9.89. The third kappa shape index (κ3) is 2.42. The van der Waals surface area contributed by atoms with Crippen LogP contribution in [0.2, 0.25) is 0 Å². The lowest BCUT2D eigenvalue weighted by molar-refractivity contribution is 0.198. The molecule has 0 spiro atoms. The van der Waals surface area contributed by atoms with E-state index in [0.717, 1.165) is 26.2 Å². The van der Waals surface area contributed by atoms with E-state index in [0.29, 0.717) is 5.56 Å². The van der Waals surface area contributed by atoms with Gasteiger partial charge in [-0.2, -0.15) is 0 Å². The molecule has 1 aliphatic heterocycles. The largest absolute Gasteiger partial charge is 0.508 e. The lowest BCUT2D eigenvalue weighted by Crippen LogP contribution is -2.44. The molecule has 5 nitrogen and oxygen atoms in total. The summed E-state index contributed by atoms with van der Waals surface area (Å²) in [5, 5.41) is 32.3. The molecule has 2 rings (SSSR count). The van der Waals surface area contributed by atoms with Crippen LogP contribution in [0.25, 0.3) is 0 Å². The van der Waals surface area contributed by atoms with Crippen LogP contribution in [-0.2, 0) is 0 Å². The summed E-state index contributed by atoms with van der Waals surface area (Å²) < 4.78 is 0. The van der Waals surface area contributed by atoms with Crippen LogP contribution >= 0.6 is 0 Å². The van der Waals surface area contributed by atoms with Gasteiger partial charge in [-0.1, -0.05) is 6.08 Å². The molecule has 0 amide bonds. The van der Waals surface area contributed by atoms with Gasteiger partial charge in [-0.25, -0.2) is 0 Å². The number of hydrogen-bond acceptors (Lipinski definition) is 5. The first kappa shape index (κ1) is 12.7. The van der Waals surface area contributed by atoms with Crippen molar-refractivity contribution < 1.29 is 15.3 Å². The number of phenols is 3. The molecular formula is C13H18N2O3. The highest BCUT2D eigenvalue weighted by molar-refractivity contribution is 5.51. The standard InChI is InChI=1S/C13H18N2O3/c1-2-10(15-5-3-14-4-6-15)13-11(17)7-9(16)8-12(13)18/h2,7-8,10,14,16-18H,1,3-6H2/t10-/m1/s1. The molecule has 0 aromatic heterocycles. The Morgan fingerprint density at radius 2 is 1.72 bits per heavy atom. The smallest absolute Gasteiger partial charge is 0.128 e. The molecule has 0 aliphatic carbocycles. The second-order valence-corrected chi connectivity index (χ2v) is 4.36. The van der Waals surface area contributed by atoms with Crippen LogP contribution in [0.3, 0.4) is 0 Å². The van der Waals surface area contributed by atoms with E-state index in [1.807, 2.05) is 0 Å². The van der Waals surface area contributed by atoms with Gasteiger partial charge >= 0.3 is 0 Å². The number of rotatable bonds is 3. The van der Waals surface area contributed by atoms with Gasteiger partial charge in [0.2, 0.25) is 0 Å². The Hall–Kier alpha value is -1.72. The van der Waals surface area contributed by atoms with Crippen LogP contribution < -0.4 is 5.32 Å². The van der Waals surface area contributed by atoms with Crippen molar-refractivity contribution in [2.24, 2.45) is 0 Å². The molecule has 0 saturated carbocycles. The maximum Gasteiger partial charge on any atom is 0.128 e. The Balaban J connectivity index is 2.35. The first-order chi connectivity index (χ1) is 8.63. The van der Waals surface area contributed by atoms with Gasteiger partial charge < -0.3 is 20.6 Å². The van der Waals surface area contributed by atoms with Crippen molar-refractivity contribution in [1.82, 2.24) is 10.2 Å². The van der Waals surface area contributed by atoms with Crippen LogP contribution in [-0.4, -0.2) is 46.4 Å². The van der Waals surface area contributed by atoms with Crippen LogP contribution in [0.1, 0.15) is 11.6 Å². The van der Waals surface area contributed by atoms with Crippen molar-refractivity contribution in [2.45, 2.75) is 6.04 Å². The van der Waals surface area contributed by atoms with E-state index in [-0.39, 0.29) is 23.3 Å². The predicted molar refractivity (Wildman–Crippen MR) is 68.8 cm³/mol. The molecule has 0 unspecified atom stereocenters. The molecule has 1 fully saturated rings. The van der Waals surface area contributed by atoms with Gasteiger partial charge in [0.25, 0.3) is 0 Å². The van der Waals surface area contributed by atoms with Crippen molar-refractivity contribution >= 4 is 0 Å². The van der Waals surface area contributed by atoms with Gasteiger partial charge in [0.05, 0.1) is 11.6 Å². The molecule has 1 atom stereocenters. The fourth-order valence-corrected chi connectivity index (χ4v) is 2.32. The Bertz CT molecular complexity index is 419. The minimum Gasteiger partial charge on any atom is -0.508 e. The Morgan fingerprint density at radius 3 is 2.22 bits per heavy atom. The monoisotopic (exact) mass is 250 g/mol. The highest BCUT2D eigenvalue weighted by Gasteiger charge is 2.25. The van der Waals surface area contributed by atoms with Crippen molar-refractivity contribution in [2.75, 3.05) is 26.2 Å². The van der Waals surface area contributed by atoms with E-state index in [1.54, 1.807) is 6.08 Å². The number of nitrogens with zero attached hydrogens (tertiary/aromatic N) is 1. The number of nitrogens with one attached hydrogen (secondary N) is 1. The number of piperazine rings is 1. The fourth-order valence-electron chi connectivity index (χ4n) is 2.32. The van der Waals surface area contributed by atoms with Gasteiger partial charge in [0.15, 0.2) is 0 Å². The molecule has 18 heavy (non-hydrogen) atoms. The van der Waals surface area contributed by atoms with E-state index in [4.69, 9.17) is 0 Å². The molecule has 5 heteroatoms. The van der Waals surface area contributed by atoms with Crippen molar-refractivity contribution in [3.63, 3.8) is 0 Å². The molecule has 1 aliphatic rings. The molecule has 4 N–H and O–H groups in total. The van der Waals surface area contributed by atoms with E-state index < -0.39 is 0 Å². The summed E-state index contributed by atoms with van der Waals surface area (Å²) in [6.45, 7) is 7.13. The van der Waals surface area contributed by atoms with Crippen molar-refractivity contribution in [3.05, 3.63) is 30.4 Å². The summed E-state index contributed by atoms with van der Waals surface area (Å²) in [5.41, 5.74) is 0.393. The first-order valence-electron chi connectivity index (χ1n) is 5.95. The highest BCUT2D eigenvalue weighted by Crippen LogP contribution is 2.39. The molecule has 1 aromatic carbocycles. The second-order valence-electron chi connectivity index (χ2n) is 4.36. The summed E-state index contributed by atoms with van der Waals surface area (Å²) >= 11 is 0. The number of phenolic OH excluding ortho intramolecular Hbond substituents is 3. The summed E-state index contributed by atoms with van der Waals surface area (Å²) in [5.74, 6) is -0.385. The van der Waals surface area contributed by atoms with Gasteiger partial charge in [0.1, 0.15) is 17.2 Å². The van der Waals surface area contributed by atoms with E-state index >= 15 is 0 Å². The minimum absolute atomic E-state index is 0.115. The Morgan fingerprint density at radius 1 is 1.17 bits per heavy atom. The SMILES string of the molecule is C=C[C@H](c1c(O)cc(O)cc1O)N1CCNCC1. The summed E-state index contributed by atoms with van der Waals surface area (Å²) in [6.07, 6.45) is 1.69. The van der Waals surface area contributed by atoms with Gasteiger partial charge in [-0.15, -0.1) is 6.58 Å². The highest BCUT2D eigenvalue weighted by atomic mass is 16.3. The first-order valence-corrected chi connectivity index (χ1v) is 5.95. The lowest BCUT2D eigenvalue weighted by atomic mass is 10.0. The van der Waals surface area contributed by atoms with Crippen molar-refractivity contribution in [3.8, 4) is 17.2 Å². The Labute approximate surface area is 106 Å².